The molecule has 3 rings (SSSR count). The van der Waals surface area contributed by atoms with Crippen LogP contribution in [0.4, 0.5) is 4.39 Å². The number of nitrogens with two attached hydrogens (primary N) is 1. The van der Waals surface area contributed by atoms with Crippen LogP contribution in [0.3, 0.4) is 0 Å². The van der Waals surface area contributed by atoms with Gasteiger partial charge in [0.05, 0.1) is 17.5 Å². The number of primary sulfonamides is 1. The lowest BCUT2D eigenvalue weighted by atomic mass is 10.1. The maximum absolute atomic E-state index is 14.2. The first kappa shape index (κ1) is 20.4. The number of pyridine rings is 1. The molecule has 0 fully saturated rings. The first-order chi connectivity index (χ1) is 13.8. The molecular weight excluding hydrogens is 397 g/mol. The summed E-state index contributed by atoms with van der Waals surface area (Å²) in [6.45, 7) is 0.137. The Morgan fingerprint density at radius 1 is 1.10 bits per heavy atom. The lowest BCUT2D eigenvalue weighted by Crippen LogP contribution is -2.24. The molecule has 0 unspecified atom stereocenters. The van der Waals surface area contributed by atoms with E-state index in [-0.39, 0.29) is 29.5 Å². The van der Waals surface area contributed by atoms with E-state index in [0.717, 1.165) is 0 Å². The van der Waals surface area contributed by atoms with Crippen molar-refractivity contribution in [3.05, 3.63) is 83.9 Å². The Morgan fingerprint density at radius 3 is 2.45 bits per heavy atom. The highest BCUT2D eigenvalue weighted by Gasteiger charge is 2.10. The molecule has 29 heavy (non-hydrogen) atoms. The number of carbonyl (C=O) groups is 1. The van der Waals surface area contributed by atoms with E-state index in [2.05, 4.69) is 10.3 Å². The first-order valence-electron chi connectivity index (χ1n) is 8.56. The zero-order valence-corrected chi connectivity index (χ0v) is 16.0. The van der Waals surface area contributed by atoms with Crippen LogP contribution < -0.4 is 15.2 Å². The molecule has 0 atom stereocenters. The molecule has 3 aromatic rings. The Balaban J connectivity index is 1.55. The zero-order chi connectivity index (χ0) is 20.9. The molecule has 0 bridgehead atoms. The number of nitrogens with zero attached hydrogens (tertiary/aromatic N) is 1. The van der Waals surface area contributed by atoms with Gasteiger partial charge in [-0.05, 0) is 47.5 Å². The Hall–Kier alpha value is -3.30. The molecule has 9 heteroatoms. The third kappa shape index (κ3) is 5.84. The monoisotopic (exact) mass is 415 g/mol. The molecule has 0 radical (unpaired) electrons. The van der Waals surface area contributed by atoms with E-state index < -0.39 is 15.8 Å². The average Bonchev–Trinajstić information content (AvgIpc) is 2.69. The number of halogens is 1. The fraction of sp³-hybridized carbons (Fsp3) is 0.100. The van der Waals surface area contributed by atoms with Gasteiger partial charge >= 0.3 is 0 Å². The summed E-state index contributed by atoms with van der Waals surface area (Å²) in [5, 5.41) is 7.73. The van der Waals surface area contributed by atoms with Gasteiger partial charge in [-0.3, -0.25) is 9.78 Å². The van der Waals surface area contributed by atoms with Crippen molar-refractivity contribution in [2.45, 2.75) is 17.9 Å². The minimum atomic E-state index is -3.77. The van der Waals surface area contributed by atoms with E-state index in [1.807, 2.05) is 0 Å². The van der Waals surface area contributed by atoms with Crippen LogP contribution in [0.25, 0.3) is 0 Å². The fourth-order valence-electron chi connectivity index (χ4n) is 2.52. The summed E-state index contributed by atoms with van der Waals surface area (Å²) in [5.74, 6) is -0.368. The van der Waals surface area contributed by atoms with E-state index in [1.165, 1.54) is 42.6 Å². The summed E-state index contributed by atoms with van der Waals surface area (Å²) in [6.07, 6.45) is 3.11. The van der Waals surface area contributed by atoms with Crippen LogP contribution in [0.15, 0.2) is 71.9 Å². The second-order valence-corrected chi connectivity index (χ2v) is 7.76. The molecular formula is C20H18FN3O4S. The van der Waals surface area contributed by atoms with Gasteiger partial charge in [-0.2, -0.15) is 0 Å². The zero-order valence-electron chi connectivity index (χ0n) is 15.2. The first-order valence-corrected chi connectivity index (χ1v) is 10.1. The van der Waals surface area contributed by atoms with Crippen molar-refractivity contribution >= 4 is 15.9 Å². The molecule has 0 spiro atoms. The van der Waals surface area contributed by atoms with Crippen molar-refractivity contribution in [3.8, 4) is 11.5 Å². The molecule has 0 aliphatic heterocycles. The predicted octanol–water partition coefficient (Wildman–Crippen LogP) is 2.52. The van der Waals surface area contributed by atoms with Gasteiger partial charge in [0.1, 0.15) is 5.75 Å². The molecule has 1 heterocycles. The number of ether oxygens (including phenoxy) is 1. The maximum Gasteiger partial charge on any atom is 0.238 e. The predicted molar refractivity (Wildman–Crippen MR) is 104 cm³/mol. The molecule has 3 N–H and O–H groups in total. The van der Waals surface area contributed by atoms with Crippen LogP contribution in [0, 0.1) is 5.82 Å². The van der Waals surface area contributed by atoms with Gasteiger partial charge < -0.3 is 10.1 Å². The summed E-state index contributed by atoms with van der Waals surface area (Å²) in [6, 6.07) is 13.5. The van der Waals surface area contributed by atoms with Gasteiger partial charge in [0.2, 0.25) is 15.9 Å². The highest BCUT2D eigenvalue weighted by molar-refractivity contribution is 7.89. The van der Waals surface area contributed by atoms with Gasteiger partial charge in [-0.25, -0.2) is 17.9 Å². The molecule has 0 aliphatic rings. The number of nitrogens with one attached hydrogen (secondary N) is 1. The summed E-state index contributed by atoms with van der Waals surface area (Å²) < 4.78 is 42.1. The molecule has 150 valence electrons. The quantitative estimate of drug-likeness (QED) is 0.616. The number of amides is 1. The van der Waals surface area contributed by atoms with Gasteiger partial charge in [0.15, 0.2) is 11.6 Å². The van der Waals surface area contributed by atoms with E-state index in [1.54, 1.807) is 24.4 Å². The van der Waals surface area contributed by atoms with E-state index in [9.17, 15) is 17.6 Å². The Morgan fingerprint density at radius 2 is 1.83 bits per heavy atom. The van der Waals surface area contributed by atoms with Crippen molar-refractivity contribution in [2.24, 2.45) is 5.14 Å². The molecule has 1 amide bonds. The largest absolute Gasteiger partial charge is 0.453 e. The summed E-state index contributed by atoms with van der Waals surface area (Å²) >= 11 is 0. The van der Waals surface area contributed by atoms with Crippen LogP contribution in [-0.2, 0) is 27.8 Å². The van der Waals surface area contributed by atoms with E-state index in [4.69, 9.17) is 9.88 Å². The standard InChI is InChI=1S/C20H18FN3O4S/c21-18-10-15(5-8-19(18)28-16-2-1-9-23-13-16)12-24-20(25)11-14-3-6-17(7-4-14)29(22,26)27/h1-10,13H,11-12H2,(H,24,25)(H2,22,26,27). The van der Waals surface area contributed by atoms with Crippen molar-refractivity contribution in [1.29, 1.82) is 0 Å². The highest BCUT2D eigenvalue weighted by atomic mass is 32.2. The van der Waals surface area contributed by atoms with Crippen LogP contribution in [0.5, 0.6) is 11.5 Å². The number of hydrogen-bond donors (Lipinski definition) is 2. The molecule has 0 saturated carbocycles. The van der Waals surface area contributed by atoms with Gasteiger partial charge in [-0.1, -0.05) is 18.2 Å². The van der Waals surface area contributed by atoms with Crippen molar-refractivity contribution in [3.63, 3.8) is 0 Å². The summed E-state index contributed by atoms with van der Waals surface area (Å²) in [7, 11) is -3.77. The van der Waals surface area contributed by atoms with Gasteiger partial charge in [0.25, 0.3) is 0 Å². The van der Waals surface area contributed by atoms with Gasteiger partial charge in [0, 0.05) is 12.7 Å². The Kier molecular flexibility index (Phi) is 6.20. The van der Waals surface area contributed by atoms with Crippen molar-refractivity contribution in [1.82, 2.24) is 10.3 Å². The number of sulfonamides is 1. The van der Waals surface area contributed by atoms with E-state index >= 15 is 0 Å². The van der Waals surface area contributed by atoms with E-state index in [0.29, 0.717) is 16.9 Å². The summed E-state index contributed by atoms with van der Waals surface area (Å²) in [5.41, 5.74) is 1.19. The highest BCUT2D eigenvalue weighted by Crippen LogP contribution is 2.24. The average molecular weight is 415 g/mol. The Bertz CT molecular complexity index is 1100. The second-order valence-electron chi connectivity index (χ2n) is 6.20. The number of aromatic nitrogens is 1. The third-order valence-corrected chi connectivity index (χ3v) is 4.89. The molecule has 1 aromatic heterocycles. The molecule has 0 aliphatic carbocycles. The number of rotatable bonds is 7. The number of benzene rings is 2. The smallest absolute Gasteiger partial charge is 0.238 e. The SMILES string of the molecule is NS(=O)(=O)c1ccc(CC(=O)NCc2ccc(Oc3cccnc3)c(F)c2)cc1. The fourth-order valence-corrected chi connectivity index (χ4v) is 3.03. The topological polar surface area (TPSA) is 111 Å². The second kappa shape index (κ2) is 8.80. The number of carbonyl (C=O) groups excluding carboxylic acids is 1. The van der Waals surface area contributed by atoms with Crippen LogP contribution in [-0.4, -0.2) is 19.3 Å². The normalized spacial score (nSPS) is 11.1. The van der Waals surface area contributed by atoms with Crippen molar-refractivity contribution < 1.29 is 22.3 Å². The van der Waals surface area contributed by atoms with Crippen LogP contribution >= 0.6 is 0 Å². The molecule has 0 saturated heterocycles. The van der Waals surface area contributed by atoms with Gasteiger partial charge in [-0.15, -0.1) is 0 Å². The van der Waals surface area contributed by atoms with Crippen LogP contribution in [0.2, 0.25) is 0 Å². The Labute approximate surface area is 167 Å². The number of hydrogen-bond acceptors (Lipinski definition) is 5. The molecule has 2 aromatic carbocycles. The lowest BCUT2D eigenvalue weighted by molar-refractivity contribution is -0.120. The molecule has 7 nitrogen and oxygen atoms in total. The maximum atomic E-state index is 14.2. The van der Waals surface area contributed by atoms with Crippen LogP contribution in [0.1, 0.15) is 11.1 Å². The van der Waals surface area contributed by atoms with Crippen molar-refractivity contribution in [2.75, 3.05) is 0 Å². The minimum Gasteiger partial charge on any atom is -0.453 e. The minimum absolute atomic E-state index is 0.0225. The summed E-state index contributed by atoms with van der Waals surface area (Å²) in [4.78, 5) is 16.0. The lowest BCUT2D eigenvalue weighted by Gasteiger charge is -2.09. The third-order valence-electron chi connectivity index (χ3n) is 3.96.